The van der Waals surface area contributed by atoms with E-state index in [1.54, 1.807) is 6.92 Å². The Morgan fingerprint density at radius 3 is 3.00 bits per heavy atom. The Morgan fingerprint density at radius 2 is 2.38 bits per heavy atom. The standard InChI is InChI=1S/C11H12FNO3/c1-2-15-11(14)8-6-13-10(12)5-9(8)16-7-3-4-7/h5-7H,2-4H2,1H3. The molecule has 1 aliphatic carbocycles. The molecule has 1 fully saturated rings. The van der Waals surface area contributed by atoms with Gasteiger partial charge in [0.15, 0.2) is 0 Å². The number of hydrogen-bond acceptors (Lipinski definition) is 4. The van der Waals surface area contributed by atoms with Crippen molar-refractivity contribution in [1.82, 2.24) is 4.98 Å². The summed E-state index contributed by atoms with van der Waals surface area (Å²) in [5, 5.41) is 0. The van der Waals surface area contributed by atoms with Gasteiger partial charge < -0.3 is 9.47 Å². The monoisotopic (exact) mass is 225 g/mol. The fraction of sp³-hybridized carbons (Fsp3) is 0.455. The molecule has 0 aromatic carbocycles. The second-order valence-electron chi connectivity index (χ2n) is 3.54. The number of carbonyl (C=O) groups is 1. The molecule has 1 heterocycles. The van der Waals surface area contributed by atoms with Crippen molar-refractivity contribution in [2.24, 2.45) is 0 Å². The minimum Gasteiger partial charge on any atom is -0.489 e. The van der Waals surface area contributed by atoms with Crippen LogP contribution in [0.15, 0.2) is 12.3 Å². The summed E-state index contributed by atoms with van der Waals surface area (Å²) in [7, 11) is 0. The van der Waals surface area contributed by atoms with Crippen LogP contribution in [0.2, 0.25) is 0 Å². The van der Waals surface area contributed by atoms with Crippen LogP contribution in [-0.2, 0) is 4.74 Å². The lowest BCUT2D eigenvalue weighted by Crippen LogP contribution is -2.10. The largest absolute Gasteiger partial charge is 0.489 e. The minimum atomic E-state index is -0.663. The number of pyridine rings is 1. The van der Waals surface area contributed by atoms with E-state index in [9.17, 15) is 9.18 Å². The lowest BCUT2D eigenvalue weighted by molar-refractivity contribution is 0.0520. The quantitative estimate of drug-likeness (QED) is 0.580. The first kappa shape index (κ1) is 10.9. The molecule has 1 aliphatic rings. The average Bonchev–Trinajstić information content (AvgIpc) is 3.02. The zero-order valence-corrected chi connectivity index (χ0v) is 8.90. The van der Waals surface area contributed by atoms with Crippen LogP contribution in [0.1, 0.15) is 30.1 Å². The number of ether oxygens (including phenoxy) is 2. The zero-order chi connectivity index (χ0) is 11.5. The third-order valence-electron chi connectivity index (χ3n) is 2.15. The van der Waals surface area contributed by atoms with E-state index in [4.69, 9.17) is 9.47 Å². The van der Waals surface area contributed by atoms with Crippen LogP contribution in [0.3, 0.4) is 0 Å². The summed E-state index contributed by atoms with van der Waals surface area (Å²) in [6.07, 6.45) is 3.11. The number of halogens is 1. The molecule has 1 aromatic rings. The van der Waals surface area contributed by atoms with Gasteiger partial charge in [0.2, 0.25) is 5.95 Å². The molecule has 0 aliphatic heterocycles. The van der Waals surface area contributed by atoms with Crippen LogP contribution >= 0.6 is 0 Å². The first-order valence-electron chi connectivity index (χ1n) is 5.20. The molecule has 1 saturated carbocycles. The van der Waals surface area contributed by atoms with Crippen LogP contribution in [0.25, 0.3) is 0 Å². The number of hydrogen-bond donors (Lipinski definition) is 0. The number of nitrogens with zero attached hydrogens (tertiary/aromatic N) is 1. The summed E-state index contributed by atoms with van der Waals surface area (Å²) in [6.45, 7) is 1.97. The molecular formula is C11H12FNO3. The first-order valence-corrected chi connectivity index (χ1v) is 5.20. The van der Waals surface area contributed by atoms with E-state index in [1.165, 1.54) is 0 Å². The molecule has 16 heavy (non-hydrogen) atoms. The fourth-order valence-electron chi connectivity index (χ4n) is 1.24. The molecule has 2 rings (SSSR count). The van der Waals surface area contributed by atoms with Gasteiger partial charge in [0.1, 0.15) is 11.3 Å². The van der Waals surface area contributed by atoms with Crippen molar-refractivity contribution < 1.29 is 18.7 Å². The number of carbonyl (C=O) groups excluding carboxylic acids is 1. The van der Waals surface area contributed by atoms with Crippen molar-refractivity contribution in [3.05, 3.63) is 23.8 Å². The lowest BCUT2D eigenvalue weighted by Gasteiger charge is -2.09. The van der Waals surface area contributed by atoms with Crippen molar-refractivity contribution in [3.63, 3.8) is 0 Å². The van der Waals surface area contributed by atoms with E-state index in [2.05, 4.69) is 4.98 Å². The smallest absolute Gasteiger partial charge is 0.343 e. The maximum Gasteiger partial charge on any atom is 0.343 e. The Morgan fingerprint density at radius 1 is 1.62 bits per heavy atom. The molecule has 0 saturated heterocycles. The SMILES string of the molecule is CCOC(=O)c1cnc(F)cc1OC1CC1. The third-order valence-corrected chi connectivity index (χ3v) is 2.15. The van der Waals surface area contributed by atoms with Gasteiger partial charge in [-0.25, -0.2) is 9.78 Å². The van der Waals surface area contributed by atoms with Crippen molar-refractivity contribution in [1.29, 1.82) is 0 Å². The van der Waals surface area contributed by atoms with Crippen LogP contribution in [0.4, 0.5) is 4.39 Å². The Kier molecular flexibility index (Phi) is 3.03. The normalized spacial score (nSPS) is 14.6. The van der Waals surface area contributed by atoms with Crippen LogP contribution < -0.4 is 4.74 Å². The highest BCUT2D eigenvalue weighted by molar-refractivity contribution is 5.92. The molecule has 0 spiro atoms. The van der Waals surface area contributed by atoms with E-state index < -0.39 is 11.9 Å². The van der Waals surface area contributed by atoms with Gasteiger partial charge in [0, 0.05) is 12.3 Å². The summed E-state index contributed by atoms with van der Waals surface area (Å²) in [5.74, 6) is -0.984. The molecule has 0 unspecified atom stereocenters. The molecule has 0 atom stereocenters. The Balaban J connectivity index is 2.23. The van der Waals surface area contributed by atoms with Crippen molar-refractivity contribution in [2.45, 2.75) is 25.9 Å². The third kappa shape index (κ3) is 2.48. The molecule has 5 heteroatoms. The van der Waals surface area contributed by atoms with Gasteiger partial charge in [-0.1, -0.05) is 0 Å². The van der Waals surface area contributed by atoms with Crippen molar-refractivity contribution in [3.8, 4) is 5.75 Å². The van der Waals surface area contributed by atoms with E-state index >= 15 is 0 Å². The van der Waals surface area contributed by atoms with Gasteiger partial charge in [0.05, 0.1) is 12.7 Å². The molecule has 0 bridgehead atoms. The summed E-state index contributed by atoms with van der Waals surface area (Å²) in [4.78, 5) is 14.9. The first-order chi connectivity index (χ1) is 7.70. The van der Waals surface area contributed by atoms with Crippen molar-refractivity contribution in [2.75, 3.05) is 6.61 Å². The van der Waals surface area contributed by atoms with Gasteiger partial charge in [-0.2, -0.15) is 4.39 Å². The summed E-state index contributed by atoms with van der Waals surface area (Å²) in [5.41, 5.74) is 0.176. The molecule has 0 amide bonds. The van der Waals surface area contributed by atoms with E-state index in [0.29, 0.717) is 0 Å². The predicted octanol–water partition coefficient (Wildman–Crippen LogP) is 1.94. The number of rotatable bonds is 4. The Labute approximate surface area is 92.4 Å². The molecule has 0 radical (unpaired) electrons. The van der Waals surface area contributed by atoms with Crippen molar-refractivity contribution >= 4 is 5.97 Å². The second-order valence-corrected chi connectivity index (χ2v) is 3.54. The van der Waals surface area contributed by atoms with E-state index in [1.807, 2.05) is 0 Å². The van der Waals surface area contributed by atoms with Gasteiger partial charge in [-0.05, 0) is 19.8 Å². The molecule has 0 N–H and O–H groups in total. The minimum absolute atomic E-state index is 0.0926. The molecular weight excluding hydrogens is 213 g/mol. The van der Waals surface area contributed by atoms with E-state index in [0.717, 1.165) is 25.1 Å². The lowest BCUT2D eigenvalue weighted by atomic mass is 10.2. The Hall–Kier alpha value is -1.65. The average molecular weight is 225 g/mol. The predicted molar refractivity (Wildman–Crippen MR) is 53.8 cm³/mol. The van der Waals surface area contributed by atoms with Gasteiger partial charge in [0.25, 0.3) is 0 Å². The maximum atomic E-state index is 12.9. The highest BCUT2D eigenvalue weighted by Crippen LogP contribution is 2.29. The van der Waals surface area contributed by atoms with Crippen LogP contribution in [0, 0.1) is 5.95 Å². The number of esters is 1. The van der Waals surface area contributed by atoms with Gasteiger partial charge >= 0.3 is 5.97 Å². The van der Waals surface area contributed by atoms with Gasteiger partial charge in [-0.15, -0.1) is 0 Å². The molecule has 1 aromatic heterocycles. The summed E-state index contributed by atoms with van der Waals surface area (Å²) in [6, 6.07) is 1.12. The van der Waals surface area contributed by atoms with Crippen LogP contribution in [0.5, 0.6) is 5.75 Å². The maximum absolute atomic E-state index is 12.9. The van der Waals surface area contributed by atoms with E-state index in [-0.39, 0.29) is 24.0 Å². The zero-order valence-electron chi connectivity index (χ0n) is 8.90. The Bertz CT molecular complexity index is 404. The summed E-state index contributed by atoms with van der Waals surface area (Å²) < 4.78 is 23.2. The fourth-order valence-corrected chi connectivity index (χ4v) is 1.24. The van der Waals surface area contributed by atoms with Crippen LogP contribution in [-0.4, -0.2) is 23.7 Å². The summed E-state index contributed by atoms with van der Waals surface area (Å²) >= 11 is 0. The molecule has 86 valence electrons. The molecule has 4 nitrogen and oxygen atoms in total. The van der Waals surface area contributed by atoms with Gasteiger partial charge in [-0.3, -0.25) is 0 Å². The number of aromatic nitrogens is 1. The highest BCUT2D eigenvalue weighted by Gasteiger charge is 2.26. The topological polar surface area (TPSA) is 48.4 Å². The second kappa shape index (κ2) is 4.47. The highest BCUT2D eigenvalue weighted by atomic mass is 19.1.